The van der Waals surface area contributed by atoms with Crippen molar-refractivity contribution in [3.63, 3.8) is 0 Å². The zero-order chi connectivity index (χ0) is 20.9. The number of ether oxygens (including phenoxy) is 1. The number of carbonyl (C=O) groups is 1. The highest BCUT2D eigenvalue weighted by Crippen LogP contribution is 2.06. The van der Waals surface area contributed by atoms with Gasteiger partial charge >= 0.3 is 0 Å². The van der Waals surface area contributed by atoms with Crippen molar-refractivity contribution in [2.24, 2.45) is 4.99 Å². The number of guanidine groups is 1. The first-order valence-electron chi connectivity index (χ1n) is 9.97. The van der Waals surface area contributed by atoms with Gasteiger partial charge in [0.2, 0.25) is 0 Å². The number of nitrogens with one attached hydrogen (secondary N) is 2. The maximum absolute atomic E-state index is 11.9. The van der Waals surface area contributed by atoms with E-state index in [4.69, 9.17) is 4.74 Å². The third-order valence-corrected chi connectivity index (χ3v) is 4.41. The normalized spacial score (nSPS) is 10.8. The third kappa shape index (κ3) is 9.58. The van der Waals surface area contributed by atoms with Crippen molar-refractivity contribution in [3.8, 4) is 0 Å². The predicted molar refractivity (Wildman–Crippen MR) is 133 cm³/mol. The van der Waals surface area contributed by atoms with Gasteiger partial charge in [0.25, 0.3) is 5.91 Å². The number of hydrogen-bond donors (Lipinski definition) is 2. The van der Waals surface area contributed by atoms with Gasteiger partial charge in [-0.1, -0.05) is 42.5 Å². The summed E-state index contributed by atoms with van der Waals surface area (Å²) in [5.41, 5.74) is 2.99. The van der Waals surface area contributed by atoms with Crippen LogP contribution < -0.4 is 10.6 Å². The van der Waals surface area contributed by atoms with Crippen molar-refractivity contribution in [2.75, 3.05) is 34.3 Å². The maximum Gasteiger partial charge on any atom is 0.253 e. The highest BCUT2D eigenvalue weighted by molar-refractivity contribution is 14.0. The Balaban J connectivity index is 0.00000450. The van der Waals surface area contributed by atoms with Crippen LogP contribution in [0.4, 0.5) is 0 Å². The predicted octanol–water partition coefficient (Wildman–Crippen LogP) is 3.67. The van der Waals surface area contributed by atoms with Crippen molar-refractivity contribution in [1.82, 2.24) is 15.5 Å². The van der Waals surface area contributed by atoms with Crippen LogP contribution in [0.25, 0.3) is 0 Å². The topological polar surface area (TPSA) is 66.0 Å². The monoisotopic (exact) mass is 524 g/mol. The second-order valence-corrected chi connectivity index (χ2v) is 6.99. The van der Waals surface area contributed by atoms with Crippen LogP contribution in [0.1, 0.15) is 34.3 Å². The lowest BCUT2D eigenvalue weighted by atomic mass is 10.1. The van der Waals surface area contributed by atoms with Crippen LogP contribution in [0.3, 0.4) is 0 Å². The summed E-state index contributed by atoms with van der Waals surface area (Å²) in [4.78, 5) is 17.7. The fourth-order valence-electron chi connectivity index (χ4n) is 2.73. The summed E-state index contributed by atoms with van der Waals surface area (Å²) in [6.07, 6.45) is 2.01. The van der Waals surface area contributed by atoms with Crippen molar-refractivity contribution in [3.05, 3.63) is 71.3 Å². The minimum atomic E-state index is 0. The minimum absolute atomic E-state index is 0. The molecule has 2 aromatic rings. The van der Waals surface area contributed by atoms with E-state index in [2.05, 4.69) is 27.8 Å². The molecule has 2 N–H and O–H groups in total. The van der Waals surface area contributed by atoms with Crippen molar-refractivity contribution in [2.45, 2.75) is 26.0 Å². The molecule has 7 heteroatoms. The summed E-state index contributed by atoms with van der Waals surface area (Å²) in [7, 11) is 5.27. The third-order valence-electron chi connectivity index (χ3n) is 4.41. The Morgan fingerprint density at radius 2 is 1.67 bits per heavy atom. The van der Waals surface area contributed by atoms with Crippen LogP contribution in [-0.2, 0) is 17.9 Å². The highest BCUT2D eigenvalue weighted by Gasteiger charge is 2.07. The number of amides is 1. The summed E-state index contributed by atoms with van der Waals surface area (Å²) < 4.78 is 5.70. The molecule has 0 aliphatic carbocycles. The average molecular weight is 524 g/mol. The molecular formula is C23H33IN4O2. The number of halogens is 1. The summed E-state index contributed by atoms with van der Waals surface area (Å²) in [6.45, 7) is 2.90. The van der Waals surface area contributed by atoms with Gasteiger partial charge in [0.15, 0.2) is 5.96 Å². The van der Waals surface area contributed by atoms with Gasteiger partial charge in [-0.15, -0.1) is 24.0 Å². The molecule has 0 fully saturated rings. The van der Waals surface area contributed by atoms with Gasteiger partial charge in [-0.05, 0) is 36.1 Å². The molecule has 1 amide bonds. The zero-order valence-electron chi connectivity index (χ0n) is 18.1. The second-order valence-electron chi connectivity index (χ2n) is 6.99. The van der Waals surface area contributed by atoms with Gasteiger partial charge in [0.1, 0.15) is 0 Å². The fourth-order valence-corrected chi connectivity index (χ4v) is 2.73. The van der Waals surface area contributed by atoms with E-state index in [1.165, 1.54) is 5.56 Å². The number of benzene rings is 2. The molecule has 0 radical (unpaired) electrons. The van der Waals surface area contributed by atoms with Gasteiger partial charge < -0.3 is 20.3 Å². The fraction of sp³-hybridized carbons (Fsp3) is 0.391. The number of carbonyl (C=O) groups excluding carboxylic acids is 1. The number of unbranched alkanes of at least 4 members (excludes halogenated alkanes) is 1. The lowest BCUT2D eigenvalue weighted by Gasteiger charge is -2.13. The smallest absolute Gasteiger partial charge is 0.253 e. The van der Waals surface area contributed by atoms with E-state index < -0.39 is 0 Å². The van der Waals surface area contributed by atoms with Crippen LogP contribution in [0.15, 0.2) is 59.6 Å². The van der Waals surface area contributed by atoms with Crippen molar-refractivity contribution >= 4 is 35.8 Å². The molecule has 30 heavy (non-hydrogen) atoms. The van der Waals surface area contributed by atoms with E-state index in [0.29, 0.717) is 18.7 Å². The summed E-state index contributed by atoms with van der Waals surface area (Å²) in [6, 6.07) is 17.8. The minimum Gasteiger partial charge on any atom is -0.377 e. The molecular weight excluding hydrogens is 491 g/mol. The lowest BCUT2D eigenvalue weighted by Crippen LogP contribution is -2.37. The van der Waals surface area contributed by atoms with E-state index in [9.17, 15) is 4.79 Å². The van der Waals surface area contributed by atoms with E-state index in [1.807, 2.05) is 42.5 Å². The number of aliphatic imine (C=N–C) groups is 1. The first-order valence-corrected chi connectivity index (χ1v) is 9.97. The molecule has 0 bridgehead atoms. The Labute approximate surface area is 197 Å². The van der Waals surface area contributed by atoms with Gasteiger partial charge in [-0.3, -0.25) is 9.79 Å². The van der Waals surface area contributed by atoms with Gasteiger partial charge in [-0.25, -0.2) is 0 Å². The molecule has 0 heterocycles. The van der Waals surface area contributed by atoms with E-state index in [-0.39, 0.29) is 29.9 Å². The van der Waals surface area contributed by atoms with Crippen molar-refractivity contribution < 1.29 is 9.53 Å². The molecule has 2 aromatic carbocycles. The Bertz CT molecular complexity index is 765. The highest BCUT2D eigenvalue weighted by atomic mass is 127. The largest absolute Gasteiger partial charge is 0.377 e. The molecule has 2 rings (SSSR count). The molecule has 6 nitrogen and oxygen atoms in total. The lowest BCUT2D eigenvalue weighted by molar-refractivity contribution is 0.0827. The van der Waals surface area contributed by atoms with Gasteiger partial charge in [0.05, 0.1) is 6.61 Å². The number of rotatable bonds is 10. The number of hydrogen-bond acceptors (Lipinski definition) is 3. The maximum atomic E-state index is 11.9. The molecule has 0 aliphatic rings. The molecule has 0 spiro atoms. The summed E-state index contributed by atoms with van der Waals surface area (Å²) >= 11 is 0. The molecule has 0 aromatic heterocycles. The van der Waals surface area contributed by atoms with Crippen LogP contribution in [0.2, 0.25) is 0 Å². The Hall–Kier alpha value is -2.13. The van der Waals surface area contributed by atoms with E-state index in [0.717, 1.165) is 37.5 Å². The first kappa shape index (κ1) is 25.9. The van der Waals surface area contributed by atoms with Crippen molar-refractivity contribution in [1.29, 1.82) is 0 Å². The molecule has 0 saturated heterocycles. The summed E-state index contributed by atoms with van der Waals surface area (Å²) in [5.74, 6) is 0.776. The van der Waals surface area contributed by atoms with E-state index in [1.54, 1.807) is 26.0 Å². The van der Waals surface area contributed by atoms with Crippen LogP contribution in [-0.4, -0.2) is 51.1 Å². The second kappa shape index (κ2) is 14.8. The van der Waals surface area contributed by atoms with Crippen LogP contribution >= 0.6 is 24.0 Å². The molecule has 0 unspecified atom stereocenters. The Morgan fingerprint density at radius 1 is 0.967 bits per heavy atom. The van der Waals surface area contributed by atoms with E-state index >= 15 is 0 Å². The quantitative estimate of drug-likeness (QED) is 0.216. The van der Waals surface area contributed by atoms with Crippen LogP contribution in [0.5, 0.6) is 0 Å². The molecule has 0 aliphatic heterocycles. The average Bonchev–Trinajstić information content (AvgIpc) is 2.75. The SMILES string of the molecule is CN=C(NCCCCOCc1ccccc1)NCc1ccc(C(=O)N(C)C)cc1.I. The zero-order valence-corrected chi connectivity index (χ0v) is 20.4. The van der Waals surface area contributed by atoms with Gasteiger partial charge in [0, 0.05) is 46.4 Å². The Kier molecular flexibility index (Phi) is 12.8. The Morgan fingerprint density at radius 3 is 2.30 bits per heavy atom. The first-order chi connectivity index (χ1) is 14.1. The summed E-state index contributed by atoms with van der Waals surface area (Å²) in [5, 5.41) is 6.61. The standard InChI is InChI=1S/C23H32N4O2.HI/c1-24-23(25-15-7-8-16-29-18-20-9-5-4-6-10-20)26-17-19-11-13-21(14-12-19)22(28)27(2)3;/h4-6,9-14H,7-8,15-18H2,1-3H3,(H2,24,25,26);1H. The molecule has 0 atom stereocenters. The number of nitrogens with zero attached hydrogens (tertiary/aromatic N) is 2. The molecule has 164 valence electrons. The van der Waals surface area contributed by atoms with Gasteiger partial charge in [-0.2, -0.15) is 0 Å². The van der Waals surface area contributed by atoms with Crippen LogP contribution in [0, 0.1) is 0 Å². The molecule has 0 saturated carbocycles.